The van der Waals surface area contributed by atoms with Crippen LogP contribution in [0.15, 0.2) is 18.2 Å². The van der Waals surface area contributed by atoms with Crippen molar-refractivity contribution in [2.45, 2.75) is 72.3 Å². The molecule has 0 saturated carbocycles. The number of hydrogen-bond acceptors (Lipinski definition) is 4. The Morgan fingerprint density at radius 1 is 1.29 bits per heavy atom. The van der Waals surface area contributed by atoms with Gasteiger partial charge in [0.15, 0.2) is 5.69 Å². The number of amides is 1. The first-order valence-corrected chi connectivity index (χ1v) is 13.3. The molecule has 1 amide bonds. The third-order valence-electron chi connectivity index (χ3n) is 6.71. The zero-order chi connectivity index (χ0) is 28.4. The maximum atomic E-state index is 13.4. The predicted molar refractivity (Wildman–Crippen MR) is 139 cm³/mol. The van der Waals surface area contributed by atoms with E-state index in [0.717, 1.165) is 39.3 Å². The molecule has 0 bridgehead atoms. The first kappa shape index (κ1) is 30.6. The van der Waals surface area contributed by atoms with Gasteiger partial charge >= 0.3 is 12.8 Å². The summed E-state index contributed by atoms with van der Waals surface area (Å²) in [6, 6.07) is 3.99. The van der Waals surface area contributed by atoms with Crippen molar-refractivity contribution in [1.82, 2.24) is 19.0 Å². The summed E-state index contributed by atoms with van der Waals surface area (Å²) >= 11 is 10.1. The molecule has 2 heterocycles. The van der Waals surface area contributed by atoms with Crippen LogP contribution in [0.5, 0.6) is 5.75 Å². The van der Waals surface area contributed by atoms with Crippen molar-refractivity contribution in [1.29, 1.82) is 0 Å². The van der Waals surface area contributed by atoms with Gasteiger partial charge in [-0.15, -0.1) is 0 Å². The van der Waals surface area contributed by atoms with Gasteiger partial charge in [-0.1, -0.05) is 38.4 Å². The number of ether oxygens (including phenoxy) is 1. The van der Waals surface area contributed by atoms with Gasteiger partial charge < -0.3 is 10.1 Å². The van der Waals surface area contributed by atoms with Gasteiger partial charge in [0.25, 0.3) is 5.91 Å². The lowest BCUT2D eigenvalue weighted by Crippen LogP contribution is -2.44. The van der Waals surface area contributed by atoms with E-state index in [1.54, 1.807) is 6.92 Å². The SMILES string of the molecule is CCn1nc(C(=O)NC[C@H]2CC[C@@H](C)CN2Br)c(Cl)c1-c1ccc(CC(C)(C)C(F)(F)F)cc1OC(F)F. The van der Waals surface area contributed by atoms with E-state index in [2.05, 4.69) is 38.2 Å². The molecule has 0 radical (unpaired) electrons. The number of carbonyl (C=O) groups excluding carboxylic acids is 1. The third kappa shape index (κ3) is 6.98. The fourth-order valence-electron chi connectivity index (χ4n) is 4.40. The lowest BCUT2D eigenvalue weighted by molar-refractivity contribution is -0.211. The van der Waals surface area contributed by atoms with Gasteiger partial charge in [0.05, 0.1) is 16.1 Å². The number of aryl methyl sites for hydroxylation is 1. The summed E-state index contributed by atoms with van der Waals surface area (Å²) in [5, 5.41) is 7.06. The summed E-state index contributed by atoms with van der Waals surface area (Å²) in [5.74, 6) is -0.345. The molecule has 6 nitrogen and oxygen atoms in total. The van der Waals surface area contributed by atoms with E-state index in [1.807, 2.05) is 3.93 Å². The fourth-order valence-corrected chi connectivity index (χ4v) is 5.56. The van der Waals surface area contributed by atoms with Crippen LogP contribution < -0.4 is 10.1 Å². The highest BCUT2D eigenvalue weighted by Crippen LogP contribution is 2.43. The Bertz CT molecular complexity index is 1140. The number of benzene rings is 1. The number of halogens is 7. The van der Waals surface area contributed by atoms with Gasteiger partial charge in [-0.3, -0.25) is 9.48 Å². The molecule has 38 heavy (non-hydrogen) atoms. The second-order valence-corrected chi connectivity index (χ2v) is 11.5. The standard InChI is InChI=1S/C25H31BrClF5N4O2/c1-5-36-21(19(27)20(34-36)22(37)33-12-16-8-6-14(2)13-35(16)26)17-9-7-15(10-18(17)38-23(28)29)11-24(3,4)25(30,31)32/h7,9-10,14,16,23H,5-6,8,11-13H2,1-4H3,(H,33,37)/t14-,16-/m1/s1. The van der Waals surface area contributed by atoms with Crippen molar-refractivity contribution in [2.24, 2.45) is 11.3 Å². The molecule has 1 aromatic carbocycles. The second-order valence-electron chi connectivity index (χ2n) is 10.2. The zero-order valence-corrected chi connectivity index (χ0v) is 23.9. The molecule has 1 aromatic heterocycles. The minimum absolute atomic E-state index is 0.0696. The summed E-state index contributed by atoms with van der Waals surface area (Å²) in [6.07, 6.45) is -3.03. The maximum absolute atomic E-state index is 13.4. The minimum atomic E-state index is -4.50. The normalized spacial score (nSPS) is 19.2. The Morgan fingerprint density at radius 3 is 2.55 bits per heavy atom. The molecule has 1 saturated heterocycles. The highest BCUT2D eigenvalue weighted by molar-refractivity contribution is 9.07. The van der Waals surface area contributed by atoms with E-state index in [0.29, 0.717) is 12.5 Å². The number of nitrogens with zero attached hydrogens (tertiary/aromatic N) is 3. The van der Waals surface area contributed by atoms with Crippen LogP contribution in [0, 0.1) is 11.3 Å². The molecule has 1 N–H and O–H groups in total. The molecule has 1 aliphatic heterocycles. The van der Waals surface area contributed by atoms with Crippen LogP contribution in [0.2, 0.25) is 5.02 Å². The number of alkyl halides is 5. The van der Waals surface area contributed by atoms with Crippen LogP contribution in [0.1, 0.15) is 56.6 Å². The van der Waals surface area contributed by atoms with E-state index in [1.165, 1.54) is 16.8 Å². The molecule has 1 aliphatic rings. The van der Waals surface area contributed by atoms with E-state index in [-0.39, 0.29) is 45.9 Å². The maximum Gasteiger partial charge on any atom is 0.394 e. The Balaban J connectivity index is 1.92. The third-order valence-corrected chi connectivity index (χ3v) is 7.94. The molecular formula is C25H31BrClF5N4O2. The number of rotatable bonds is 9. The van der Waals surface area contributed by atoms with Crippen LogP contribution in [0.4, 0.5) is 22.0 Å². The van der Waals surface area contributed by atoms with Gasteiger partial charge in [-0.05, 0) is 49.8 Å². The van der Waals surface area contributed by atoms with Gasteiger partial charge in [0, 0.05) is 47.4 Å². The summed E-state index contributed by atoms with van der Waals surface area (Å²) in [4.78, 5) is 13.0. The van der Waals surface area contributed by atoms with E-state index in [9.17, 15) is 26.7 Å². The average Bonchev–Trinajstić information content (AvgIpc) is 3.13. The number of nitrogens with one attached hydrogen (secondary N) is 1. The van der Waals surface area contributed by atoms with Crippen LogP contribution >= 0.6 is 27.7 Å². The summed E-state index contributed by atoms with van der Waals surface area (Å²) < 4.78 is 74.9. The first-order valence-electron chi connectivity index (χ1n) is 12.3. The van der Waals surface area contributed by atoms with Gasteiger partial charge in [-0.2, -0.15) is 27.1 Å². The molecule has 0 spiro atoms. The van der Waals surface area contributed by atoms with Crippen molar-refractivity contribution in [3.8, 4) is 17.0 Å². The number of carbonyl (C=O) groups is 1. The van der Waals surface area contributed by atoms with E-state index >= 15 is 0 Å². The molecule has 2 atom stereocenters. The smallest absolute Gasteiger partial charge is 0.394 e. The molecule has 2 aromatic rings. The summed E-state index contributed by atoms with van der Waals surface area (Å²) in [7, 11) is 0. The number of aromatic nitrogens is 2. The van der Waals surface area contributed by atoms with Crippen molar-refractivity contribution in [3.05, 3.63) is 34.5 Å². The van der Waals surface area contributed by atoms with Gasteiger partial charge in [0.2, 0.25) is 0 Å². The number of piperidine rings is 1. The number of hydrogen-bond donors (Lipinski definition) is 1. The lowest BCUT2D eigenvalue weighted by atomic mass is 9.84. The average molecular weight is 630 g/mol. The first-order chi connectivity index (χ1) is 17.6. The quantitative estimate of drug-likeness (QED) is 0.238. The predicted octanol–water partition coefficient (Wildman–Crippen LogP) is 7.10. The molecule has 3 rings (SSSR count). The Hall–Kier alpha value is -1.92. The monoisotopic (exact) mass is 628 g/mol. The highest BCUT2D eigenvalue weighted by Gasteiger charge is 2.47. The molecule has 1 fully saturated rings. The van der Waals surface area contributed by atoms with Crippen molar-refractivity contribution in [2.75, 3.05) is 13.1 Å². The molecule has 0 unspecified atom stereocenters. The van der Waals surface area contributed by atoms with Crippen LogP contribution in [0.3, 0.4) is 0 Å². The van der Waals surface area contributed by atoms with Crippen LogP contribution in [-0.2, 0) is 13.0 Å². The van der Waals surface area contributed by atoms with Crippen LogP contribution in [0.25, 0.3) is 11.3 Å². The van der Waals surface area contributed by atoms with Gasteiger partial charge in [-0.25, -0.2) is 3.93 Å². The van der Waals surface area contributed by atoms with Crippen molar-refractivity contribution >= 4 is 33.7 Å². The summed E-state index contributed by atoms with van der Waals surface area (Å²) in [5.41, 5.74) is -1.77. The molecule has 212 valence electrons. The zero-order valence-electron chi connectivity index (χ0n) is 21.5. The largest absolute Gasteiger partial charge is 0.434 e. The molecule has 13 heteroatoms. The topological polar surface area (TPSA) is 59.4 Å². The van der Waals surface area contributed by atoms with Crippen molar-refractivity contribution in [3.63, 3.8) is 0 Å². The molecular weight excluding hydrogens is 599 g/mol. The second kappa shape index (κ2) is 12.1. The summed E-state index contributed by atoms with van der Waals surface area (Å²) in [6.45, 7) is 4.16. The van der Waals surface area contributed by atoms with E-state index < -0.39 is 30.5 Å². The molecule has 0 aliphatic carbocycles. The minimum Gasteiger partial charge on any atom is -0.434 e. The Labute approximate surface area is 232 Å². The van der Waals surface area contributed by atoms with Gasteiger partial charge in [0.1, 0.15) is 5.75 Å². The Morgan fingerprint density at radius 2 is 1.97 bits per heavy atom. The van der Waals surface area contributed by atoms with Crippen LogP contribution in [-0.4, -0.2) is 51.5 Å². The van der Waals surface area contributed by atoms with E-state index in [4.69, 9.17) is 11.6 Å². The highest BCUT2D eigenvalue weighted by atomic mass is 79.9. The Kier molecular flexibility index (Phi) is 9.73. The van der Waals surface area contributed by atoms with Crippen molar-refractivity contribution < 1.29 is 31.5 Å². The fraction of sp³-hybridized carbons (Fsp3) is 0.600. The lowest BCUT2D eigenvalue weighted by Gasteiger charge is -2.34.